The molecule has 2 heterocycles. The van der Waals surface area contributed by atoms with Crippen molar-refractivity contribution in [3.8, 4) is 0 Å². The van der Waals surface area contributed by atoms with Gasteiger partial charge in [0.05, 0.1) is 0 Å². The molecule has 1 saturated heterocycles. The molecular formula is C11H16ClN3. The van der Waals surface area contributed by atoms with E-state index < -0.39 is 0 Å². The molecule has 0 amide bonds. The van der Waals surface area contributed by atoms with Gasteiger partial charge in [-0.2, -0.15) is 0 Å². The van der Waals surface area contributed by atoms with E-state index in [-0.39, 0.29) is 0 Å². The van der Waals surface area contributed by atoms with Gasteiger partial charge >= 0.3 is 0 Å². The summed E-state index contributed by atoms with van der Waals surface area (Å²) in [5.41, 5.74) is 2.35. The molecule has 0 aromatic carbocycles. The van der Waals surface area contributed by atoms with Crippen LogP contribution in [-0.2, 0) is 0 Å². The molecule has 1 N–H and O–H groups in total. The zero-order valence-electron chi connectivity index (χ0n) is 8.91. The highest BCUT2D eigenvalue weighted by Crippen LogP contribution is 2.20. The lowest BCUT2D eigenvalue weighted by Gasteiger charge is -2.32. The van der Waals surface area contributed by atoms with Gasteiger partial charge in [0.15, 0.2) is 0 Å². The van der Waals surface area contributed by atoms with E-state index in [1.54, 1.807) is 0 Å². The summed E-state index contributed by atoms with van der Waals surface area (Å²) in [5, 5.41) is 0. The second-order valence-electron chi connectivity index (χ2n) is 4.03. The van der Waals surface area contributed by atoms with Crippen molar-refractivity contribution >= 4 is 17.5 Å². The number of aromatic nitrogens is 1. The molecule has 1 fully saturated rings. The Morgan fingerprint density at radius 1 is 1.47 bits per heavy atom. The van der Waals surface area contributed by atoms with Crippen molar-refractivity contribution in [1.82, 2.24) is 9.82 Å². The van der Waals surface area contributed by atoms with Gasteiger partial charge in [-0.05, 0) is 43.7 Å². The Balaban J connectivity index is 2.01. The number of anilines is 1. The SMILES string of the molecule is Cc1cc(N2CCC(NCl)CC2)ccn1. The molecule has 0 saturated carbocycles. The van der Waals surface area contributed by atoms with Crippen LogP contribution in [0.25, 0.3) is 0 Å². The molecule has 3 nitrogen and oxygen atoms in total. The molecule has 1 aromatic rings. The van der Waals surface area contributed by atoms with E-state index in [1.165, 1.54) is 5.69 Å². The topological polar surface area (TPSA) is 28.2 Å². The molecule has 4 heteroatoms. The molecule has 0 radical (unpaired) electrons. The molecule has 2 rings (SSSR count). The Morgan fingerprint density at radius 3 is 2.80 bits per heavy atom. The number of nitrogens with zero attached hydrogens (tertiary/aromatic N) is 2. The Bertz CT molecular complexity index is 321. The molecule has 0 atom stereocenters. The normalized spacial score (nSPS) is 18.1. The molecule has 15 heavy (non-hydrogen) atoms. The minimum Gasteiger partial charge on any atom is -0.371 e. The number of halogens is 1. The predicted molar refractivity (Wildman–Crippen MR) is 63.2 cm³/mol. The first-order chi connectivity index (χ1) is 7.29. The Kier molecular flexibility index (Phi) is 3.44. The van der Waals surface area contributed by atoms with Gasteiger partial charge in [-0.1, -0.05) is 0 Å². The van der Waals surface area contributed by atoms with Crippen molar-refractivity contribution in [2.75, 3.05) is 18.0 Å². The summed E-state index contributed by atoms with van der Waals surface area (Å²) in [6, 6.07) is 4.67. The minimum absolute atomic E-state index is 0.464. The first kappa shape index (κ1) is 10.7. The molecule has 82 valence electrons. The van der Waals surface area contributed by atoms with Crippen LogP contribution in [0.5, 0.6) is 0 Å². The molecule has 1 aromatic heterocycles. The average molecular weight is 226 g/mol. The standard InChI is InChI=1S/C11H16ClN3/c1-9-8-11(2-5-13-9)15-6-3-10(14-12)4-7-15/h2,5,8,10,14H,3-4,6-7H2,1H3. The lowest BCUT2D eigenvalue weighted by atomic mass is 10.1. The largest absolute Gasteiger partial charge is 0.371 e. The maximum Gasteiger partial charge on any atom is 0.0399 e. The van der Waals surface area contributed by atoms with E-state index in [4.69, 9.17) is 11.8 Å². The summed E-state index contributed by atoms with van der Waals surface area (Å²) in [6.07, 6.45) is 4.08. The number of piperidine rings is 1. The highest BCUT2D eigenvalue weighted by atomic mass is 35.5. The average Bonchev–Trinajstić information content (AvgIpc) is 2.29. The summed E-state index contributed by atoms with van der Waals surface area (Å²) >= 11 is 5.62. The summed E-state index contributed by atoms with van der Waals surface area (Å²) in [7, 11) is 0. The van der Waals surface area contributed by atoms with E-state index in [0.717, 1.165) is 31.6 Å². The highest BCUT2D eigenvalue weighted by Gasteiger charge is 2.18. The van der Waals surface area contributed by atoms with Crippen molar-refractivity contribution < 1.29 is 0 Å². The number of rotatable bonds is 2. The third-order valence-electron chi connectivity index (χ3n) is 2.89. The fourth-order valence-electron chi connectivity index (χ4n) is 1.97. The molecule has 0 aliphatic carbocycles. The van der Waals surface area contributed by atoms with Crippen LogP contribution in [-0.4, -0.2) is 24.1 Å². The van der Waals surface area contributed by atoms with Crippen LogP contribution >= 0.6 is 11.8 Å². The van der Waals surface area contributed by atoms with E-state index in [2.05, 4.69) is 26.9 Å². The van der Waals surface area contributed by atoms with Gasteiger partial charge in [0.2, 0.25) is 0 Å². The molecular weight excluding hydrogens is 210 g/mol. The summed E-state index contributed by atoms with van der Waals surface area (Å²) in [6.45, 7) is 4.15. The van der Waals surface area contributed by atoms with Crippen LogP contribution in [0, 0.1) is 6.92 Å². The Morgan fingerprint density at radius 2 is 2.20 bits per heavy atom. The number of nitrogens with one attached hydrogen (secondary N) is 1. The predicted octanol–water partition coefficient (Wildman–Crippen LogP) is 2.10. The first-order valence-corrected chi connectivity index (χ1v) is 5.71. The van der Waals surface area contributed by atoms with Crippen molar-refractivity contribution in [1.29, 1.82) is 0 Å². The van der Waals surface area contributed by atoms with Crippen LogP contribution in [0.15, 0.2) is 18.3 Å². The summed E-state index contributed by atoms with van der Waals surface area (Å²) < 4.78 is 0. The van der Waals surface area contributed by atoms with Crippen LogP contribution in [0.4, 0.5) is 5.69 Å². The number of hydrogen-bond acceptors (Lipinski definition) is 3. The van der Waals surface area contributed by atoms with Gasteiger partial charge < -0.3 is 4.90 Å². The van der Waals surface area contributed by atoms with Gasteiger partial charge in [-0.15, -0.1) is 0 Å². The first-order valence-electron chi connectivity index (χ1n) is 5.33. The molecule has 1 aliphatic heterocycles. The minimum atomic E-state index is 0.464. The molecule has 1 aliphatic rings. The number of aryl methyl sites for hydroxylation is 1. The zero-order chi connectivity index (χ0) is 10.7. The second kappa shape index (κ2) is 4.81. The van der Waals surface area contributed by atoms with Crippen molar-refractivity contribution in [2.24, 2.45) is 0 Å². The van der Waals surface area contributed by atoms with Gasteiger partial charge in [0.1, 0.15) is 0 Å². The second-order valence-corrected chi connectivity index (χ2v) is 4.24. The molecule has 0 bridgehead atoms. The maximum absolute atomic E-state index is 5.62. The van der Waals surface area contributed by atoms with Gasteiger partial charge in [-0.3, -0.25) is 4.98 Å². The van der Waals surface area contributed by atoms with Crippen LogP contribution in [0.1, 0.15) is 18.5 Å². The Hall–Kier alpha value is -0.800. The Labute approximate surface area is 95.6 Å². The van der Waals surface area contributed by atoms with E-state index in [0.29, 0.717) is 6.04 Å². The number of hydrogen-bond donors (Lipinski definition) is 1. The van der Waals surface area contributed by atoms with Crippen molar-refractivity contribution in [3.05, 3.63) is 24.0 Å². The van der Waals surface area contributed by atoms with Crippen LogP contribution < -0.4 is 9.74 Å². The smallest absolute Gasteiger partial charge is 0.0399 e. The third kappa shape index (κ3) is 2.61. The quantitative estimate of drug-likeness (QED) is 0.782. The molecule has 0 unspecified atom stereocenters. The highest BCUT2D eigenvalue weighted by molar-refractivity contribution is 6.13. The van der Waals surface area contributed by atoms with Crippen molar-refractivity contribution in [3.63, 3.8) is 0 Å². The van der Waals surface area contributed by atoms with Gasteiger partial charge in [-0.25, -0.2) is 4.84 Å². The fourth-order valence-corrected chi connectivity index (χ4v) is 2.19. The van der Waals surface area contributed by atoms with E-state index >= 15 is 0 Å². The van der Waals surface area contributed by atoms with E-state index in [1.807, 2.05) is 13.1 Å². The van der Waals surface area contributed by atoms with Crippen LogP contribution in [0.2, 0.25) is 0 Å². The van der Waals surface area contributed by atoms with E-state index in [9.17, 15) is 0 Å². The fraction of sp³-hybridized carbons (Fsp3) is 0.545. The third-order valence-corrected chi connectivity index (χ3v) is 3.20. The monoisotopic (exact) mass is 225 g/mol. The van der Waals surface area contributed by atoms with Gasteiger partial charge in [0, 0.05) is 36.7 Å². The zero-order valence-corrected chi connectivity index (χ0v) is 9.67. The maximum atomic E-state index is 5.62. The summed E-state index contributed by atoms with van der Waals surface area (Å²) in [5.74, 6) is 0. The summed E-state index contributed by atoms with van der Waals surface area (Å²) in [4.78, 5) is 9.41. The van der Waals surface area contributed by atoms with Crippen molar-refractivity contribution in [2.45, 2.75) is 25.8 Å². The van der Waals surface area contributed by atoms with Gasteiger partial charge in [0.25, 0.3) is 0 Å². The lowest BCUT2D eigenvalue weighted by molar-refractivity contribution is 0.475. The number of pyridine rings is 1. The molecule has 0 spiro atoms. The lowest BCUT2D eigenvalue weighted by Crippen LogP contribution is -2.39. The van der Waals surface area contributed by atoms with Crippen LogP contribution in [0.3, 0.4) is 0 Å².